The van der Waals surface area contributed by atoms with Crippen LogP contribution >= 0.6 is 0 Å². The second-order valence-corrected chi connectivity index (χ2v) is 8.26. The van der Waals surface area contributed by atoms with Crippen LogP contribution in [0.2, 0.25) is 0 Å². The van der Waals surface area contributed by atoms with E-state index < -0.39 is 32.8 Å². The van der Waals surface area contributed by atoms with Gasteiger partial charge in [0.05, 0.1) is 17.0 Å². The first kappa shape index (κ1) is 20.5. The molecule has 28 heavy (non-hydrogen) atoms. The van der Waals surface area contributed by atoms with Crippen LogP contribution in [-0.4, -0.2) is 38.5 Å². The maximum Gasteiger partial charge on any atom is 0.417 e. The first-order valence-electron chi connectivity index (χ1n) is 8.78. The lowest BCUT2D eigenvalue weighted by atomic mass is 10.2. The molecule has 0 saturated heterocycles. The summed E-state index contributed by atoms with van der Waals surface area (Å²) in [7, 11) is -4.38. The van der Waals surface area contributed by atoms with Gasteiger partial charge in [-0.1, -0.05) is 31.2 Å². The number of benzene rings is 2. The Labute approximate surface area is 161 Å². The molecule has 5 nitrogen and oxygen atoms in total. The lowest BCUT2D eigenvalue weighted by Gasteiger charge is -2.31. The molecule has 1 unspecified atom stereocenters. The number of fused-ring (bicyclic) bond motifs is 1. The van der Waals surface area contributed by atoms with Crippen LogP contribution in [0.5, 0.6) is 11.5 Å². The molecule has 0 radical (unpaired) electrons. The van der Waals surface area contributed by atoms with Crippen molar-refractivity contribution in [3.05, 3.63) is 54.1 Å². The first-order valence-corrected chi connectivity index (χ1v) is 10.2. The number of alkyl halides is 3. The molecule has 0 saturated carbocycles. The van der Waals surface area contributed by atoms with Crippen LogP contribution in [0.25, 0.3) is 0 Å². The van der Waals surface area contributed by atoms with Crippen molar-refractivity contribution in [2.45, 2.75) is 30.5 Å². The molecule has 152 valence electrons. The summed E-state index contributed by atoms with van der Waals surface area (Å²) in [5.41, 5.74) is -1.18. The largest absolute Gasteiger partial charge is 0.486 e. The van der Waals surface area contributed by atoms with Gasteiger partial charge >= 0.3 is 6.18 Å². The lowest BCUT2D eigenvalue weighted by molar-refractivity contribution is -0.139. The van der Waals surface area contributed by atoms with Gasteiger partial charge in [-0.15, -0.1) is 0 Å². The molecule has 0 aromatic heterocycles. The minimum Gasteiger partial charge on any atom is -0.486 e. The second kappa shape index (κ2) is 8.00. The number of rotatable bonds is 6. The van der Waals surface area contributed by atoms with Gasteiger partial charge in [-0.2, -0.15) is 17.5 Å². The molecule has 1 atom stereocenters. The highest BCUT2D eigenvalue weighted by molar-refractivity contribution is 7.89. The van der Waals surface area contributed by atoms with E-state index in [0.717, 1.165) is 16.4 Å². The fourth-order valence-electron chi connectivity index (χ4n) is 3.00. The van der Waals surface area contributed by atoms with E-state index in [1.807, 2.05) is 0 Å². The van der Waals surface area contributed by atoms with Crippen molar-refractivity contribution in [3.8, 4) is 11.5 Å². The number of ether oxygens (including phenoxy) is 2. The molecule has 0 spiro atoms. The predicted octanol–water partition coefficient (Wildman–Crippen LogP) is 3.95. The zero-order valence-corrected chi connectivity index (χ0v) is 16.0. The summed E-state index contributed by atoms with van der Waals surface area (Å²) < 4.78 is 78.4. The van der Waals surface area contributed by atoms with Gasteiger partial charge < -0.3 is 9.47 Å². The van der Waals surface area contributed by atoms with Crippen LogP contribution in [0.15, 0.2) is 53.4 Å². The molecule has 3 rings (SSSR count). The van der Waals surface area contributed by atoms with Crippen LogP contribution in [0.3, 0.4) is 0 Å². The maximum absolute atomic E-state index is 13.3. The number of nitrogens with zero attached hydrogens (tertiary/aromatic N) is 1. The molecule has 0 fully saturated rings. The third-order valence-electron chi connectivity index (χ3n) is 4.26. The maximum atomic E-state index is 13.3. The molecule has 2 aromatic carbocycles. The molecule has 2 aromatic rings. The molecular weight excluding hydrogens is 395 g/mol. The Balaban J connectivity index is 1.88. The Hall–Kier alpha value is -2.26. The fourth-order valence-corrected chi connectivity index (χ4v) is 4.78. The van der Waals surface area contributed by atoms with Crippen molar-refractivity contribution in [2.24, 2.45) is 0 Å². The molecule has 1 aliphatic heterocycles. The predicted molar refractivity (Wildman–Crippen MR) is 96.8 cm³/mol. The molecular formula is C19H20F3NO4S. The highest BCUT2D eigenvalue weighted by Gasteiger charge is 2.39. The average Bonchev–Trinajstić information content (AvgIpc) is 2.67. The van der Waals surface area contributed by atoms with Crippen LogP contribution in [0.4, 0.5) is 13.2 Å². The van der Waals surface area contributed by atoms with Crippen LogP contribution < -0.4 is 9.47 Å². The Morgan fingerprint density at radius 1 is 1.07 bits per heavy atom. The second-order valence-electron chi connectivity index (χ2n) is 6.35. The normalized spacial score (nSPS) is 17.0. The fraction of sp³-hybridized carbons (Fsp3) is 0.368. The summed E-state index contributed by atoms with van der Waals surface area (Å²) in [5, 5.41) is 0. The van der Waals surface area contributed by atoms with Crippen LogP contribution in [-0.2, 0) is 16.2 Å². The average molecular weight is 415 g/mol. The lowest BCUT2D eigenvalue weighted by Crippen LogP contribution is -2.44. The van der Waals surface area contributed by atoms with Crippen molar-refractivity contribution in [3.63, 3.8) is 0 Å². The first-order chi connectivity index (χ1) is 13.2. The quantitative estimate of drug-likeness (QED) is 0.717. The summed E-state index contributed by atoms with van der Waals surface area (Å²) in [6, 6.07) is 11.2. The Bertz CT molecular complexity index is 931. The van der Waals surface area contributed by atoms with E-state index in [-0.39, 0.29) is 19.7 Å². The number of hydrogen-bond acceptors (Lipinski definition) is 4. The van der Waals surface area contributed by atoms with E-state index in [1.165, 1.54) is 12.1 Å². The number of sulfonamides is 1. The molecule has 1 aliphatic rings. The minimum absolute atomic E-state index is 0.0655. The van der Waals surface area contributed by atoms with Gasteiger partial charge in [0.25, 0.3) is 0 Å². The zero-order valence-electron chi connectivity index (χ0n) is 15.1. The van der Waals surface area contributed by atoms with E-state index >= 15 is 0 Å². The van der Waals surface area contributed by atoms with Gasteiger partial charge in [0, 0.05) is 6.54 Å². The van der Waals surface area contributed by atoms with E-state index in [9.17, 15) is 21.6 Å². The third kappa shape index (κ3) is 4.25. The van der Waals surface area contributed by atoms with Gasteiger partial charge in [0.1, 0.15) is 12.7 Å². The molecule has 1 heterocycles. The van der Waals surface area contributed by atoms with Crippen LogP contribution in [0, 0.1) is 0 Å². The topological polar surface area (TPSA) is 55.8 Å². The van der Waals surface area contributed by atoms with Gasteiger partial charge in [0.15, 0.2) is 11.5 Å². The zero-order chi connectivity index (χ0) is 20.4. The van der Waals surface area contributed by atoms with Crippen molar-refractivity contribution in [2.75, 3.05) is 19.7 Å². The smallest absolute Gasteiger partial charge is 0.417 e. The van der Waals surface area contributed by atoms with E-state index in [2.05, 4.69) is 0 Å². The van der Waals surface area contributed by atoms with Gasteiger partial charge in [-0.25, -0.2) is 8.42 Å². The minimum atomic E-state index is -4.77. The molecule has 0 aliphatic carbocycles. The monoisotopic (exact) mass is 415 g/mol. The Morgan fingerprint density at radius 2 is 1.71 bits per heavy atom. The van der Waals surface area contributed by atoms with Gasteiger partial charge in [-0.05, 0) is 30.7 Å². The Kier molecular flexibility index (Phi) is 5.85. The van der Waals surface area contributed by atoms with Crippen molar-refractivity contribution < 1.29 is 31.1 Å². The molecule has 0 amide bonds. The number of hydrogen-bond donors (Lipinski definition) is 0. The molecule has 0 N–H and O–H groups in total. The van der Waals surface area contributed by atoms with E-state index in [1.54, 1.807) is 31.2 Å². The molecule has 0 bridgehead atoms. The Morgan fingerprint density at radius 3 is 2.39 bits per heavy atom. The van der Waals surface area contributed by atoms with Gasteiger partial charge in [0.2, 0.25) is 10.0 Å². The number of para-hydroxylation sites is 2. The standard InChI is InChI=1S/C19H20F3NO4S/c1-2-11-23(12-14-13-26-16-8-4-5-9-17(16)27-14)28(24,25)18-10-6-3-7-15(18)19(20,21)22/h3-10,14H,2,11-13H2,1H3. The van der Waals surface area contributed by atoms with Crippen LogP contribution in [0.1, 0.15) is 18.9 Å². The SMILES string of the molecule is CCCN(CC1COc2ccccc2O1)S(=O)(=O)c1ccccc1C(F)(F)F. The van der Waals surface area contributed by atoms with Gasteiger partial charge in [-0.3, -0.25) is 0 Å². The molecule has 9 heteroatoms. The highest BCUT2D eigenvalue weighted by Crippen LogP contribution is 2.36. The van der Waals surface area contributed by atoms with E-state index in [0.29, 0.717) is 17.9 Å². The van der Waals surface area contributed by atoms with Crippen molar-refractivity contribution in [1.82, 2.24) is 4.31 Å². The summed E-state index contributed by atoms with van der Waals surface area (Å²) in [5.74, 6) is 1.02. The third-order valence-corrected chi connectivity index (χ3v) is 6.18. The summed E-state index contributed by atoms with van der Waals surface area (Å²) in [4.78, 5) is -0.756. The van der Waals surface area contributed by atoms with Crippen molar-refractivity contribution >= 4 is 10.0 Å². The number of halogens is 3. The van der Waals surface area contributed by atoms with E-state index in [4.69, 9.17) is 9.47 Å². The van der Waals surface area contributed by atoms with Crippen molar-refractivity contribution in [1.29, 1.82) is 0 Å². The summed E-state index contributed by atoms with van der Waals surface area (Å²) in [6.07, 6.45) is -4.96. The highest BCUT2D eigenvalue weighted by atomic mass is 32.2. The summed E-state index contributed by atoms with van der Waals surface area (Å²) in [6.45, 7) is 1.81. The summed E-state index contributed by atoms with van der Waals surface area (Å²) >= 11 is 0.